The van der Waals surface area contributed by atoms with Crippen molar-refractivity contribution in [3.8, 4) is 5.75 Å². The van der Waals surface area contributed by atoms with Crippen molar-refractivity contribution in [1.82, 2.24) is 0 Å². The molecule has 2 aromatic carbocycles. The molecule has 0 bridgehead atoms. The number of ether oxygens (including phenoxy) is 1. The van der Waals surface area contributed by atoms with Crippen LogP contribution in [0, 0.1) is 0 Å². The van der Waals surface area contributed by atoms with Gasteiger partial charge in [0, 0.05) is 0 Å². The number of nitrogens with one attached hydrogen (secondary N) is 1. The van der Waals surface area contributed by atoms with E-state index in [1.54, 1.807) is 11.8 Å². The van der Waals surface area contributed by atoms with E-state index in [0.29, 0.717) is 11.9 Å². The van der Waals surface area contributed by atoms with Gasteiger partial charge in [-0.1, -0.05) is 54.2 Å². The van der Waals surface area contributed by atoms with Gasteiger partial charge in [-0.15, -0.1) is 0 Å². The van der Waals surface area contributed by atoms with E-state index in [1.165, 1.54) is 5.56 Å². The van der Waals surface area contributed by atoms with Crippen molar-refractivity contribution in [3.05, 3.63) is 60.2 Å². The smallest absolute Gasteiger partial charge is 0.161 e. The normalized spacial score (nSPS) is 17.4. The molecule has 1 atom stereocenters. The summed E-state index contributed by atoms with van der Waals surface area (Å²) in [7, 11) is 0. The van der Waals surface area contributed by atoms with Gasteiger partial charge < -0.3 is 10.1 Å². The quantitative estimate of drug-likeness (QED) is 0.911. The van der Waals surface area contributed by atoms with Crippen LogP contribution in [0.5, 0.6) is 5.75 Å². The maximum atomic E-state index is 5.63. The van der Waals surface area contributed by atoms with Crippen molar-refractivity contribution < 1.29 is 4.74 Å². The Bertz CT molecular complexity index is 628. The highest BCUT2D eigenvalue weighted by Crippen LogP contribution is 2.36. The Morgan fingerprint density at radius 3 is 2.71 bits per heavy atom. The molecular formula is C17H18N2OS. The van der Waals surface area contributed by atoms with Gasteiger partial charge in [0.25, 0.3) is 0 Å². The zero-order valence-corrected chi connectivity index (χ0v) is 12.8. The monoisotopic (exact) mass is 298 g/mol. The lowest BCUT2D eigenvalue weighted by Gasteiger charge is -2.12. The Hall–Kier alpha value is -1.94. The molecule has 3 nitrogen and oxygen atoms in total. The fourth-order valence-corrected chi connectivity index (χ4v) is 3.28. The summed E-state index contributed by atoms with van der Waals surface area (Å²) in [6.07, 6.45) is 0. The SMILES string of the molecule is CCOc1ccccc1NC1=NCC(c2ccccc2)S1. The molecule has 108 valence electrons. The Labute approximate surface area is 129 Å². The molecule has 0 radical (unpaired) electrons. The second-order valence-corrected chi connectivity index (χ2v) is 5.91. The lowest BCUT2D eigenvalue weighted by atomic mass is 10.1. The third kappa shape index (κ3) is 3.39. The van der Waals surface area contributed by atoms with E-state index >= 15 is 0 Å². The maximum absolute atomic E-state index is 5.63. The molecule has 0 saturated heterocycles. The van der Waals surface area contributed by atoms with Crippen LogP contribution in [0.1, 0.15) is 17.7 Å². The number of aliphatic imine (C=N–C) groups is 1. The highest BCUT2D eigenvalue weighted by molar-refractivity contribution is 8.14. The summed E-state index contributed by atoms with van der Waals surface area (Å²) >= 11 is 1.77. The van der Waals surface area contributed by atoms with Crippen LogP contribution >= 0.6 is 11.8 Å². The summed E-state index contributed by atoms with van der Waals surface area (Å²) in [4.78, 5) is 4.60. The van der Waals surface area contributed by atoms with Crippen molar-refractivity contribution in [2.75, 3.05) is 18.5 Å². The van der Waals surface area contributed by atoms with Crippen molar-refractivity contribution in [1.29, 1.82) is 0 Å². The van der Waals surface area contributed by atoms with Crippen molar-refractivity contribution >= 4 is 22.6 Å². The molecule has 1 N–H and O–H groups in total. The number of hydrogen-bond donors (Lipinski definition) is 1. The second kappa shape index (κ2) is 6.68. The van der Waals surface area contributed by atoms with Crippen molar-refractivity contribution in [2.45, 2.75) is 12.2 Å². The number of amidine groups is 1. The molecule has 1 aliphatic rings. The molecule has 0 fully saturated rings. The molecule has 1 heterocycles. The molecule has 1 unspecified atom stereocenters. The van der Waals surface area contributed by atoms with E-state index < -0.39 is 0 Å². The van der Waals surface area contributed by atoms with Gasteiger partial charge in [0.2, 0.25) is 0 Å². The molecule has 0 amide bonds. The summed E-state index contributed by atoms with van der Waals surface area (Å²) < 4.78 is 5.63. The largest absolute Gasteiger partial charge is 0.492 e. The van der Waals surface area contributed by atoms with E-state index in [0.717, 1.165) is 23.1 Å². The third-order valence-electron chi connectivity index (χ3n) is 3.25. The lowest BCUT2D eigenvalue weighted by molar-refractivity contribution is 0.342. The Balaban J connectivity index is 1.68. The van der Waals surface area contributed by atoms with Crippen molar-refractivity contribution in [2.24, 2.45) is 4.99 Å². The van der Waals surface area contributed by atoms with Crippen LogP contribution in [0.15, 0.2) is 59.6 Å². The number of para-hydroxylation sites is 2. The number of thioether (sulfide) groups is 1. The second-order valence-electron chi connectivity index (χ2n) is 4.72. The van der Waals surface area contributed by atoms with Crippen LogP contribution in [0.2, 0.25) is 0 Å². The van der Waals surface area contributed by atoms with Crippen LogP contribution in [0.4, 0.5) is 5.69 Å². The van der Waals surface area contributed by atoms with Gasteiger partial charge in [0.1, 0.15) is 5.75 Å². The minimum absolute atomic E-state index is 0.396. The zero-order valence-electron chi connectivity index (χ0n) is 12.0. The number of nitrogens with zero attached hydrogens (tertiary/aromatic N) is 1. The van der Waals surface area contributed by atoms with Crippen LogP contribution in [0.25, 0.3) is 0 Å². The number of rotatable bonds is 4. The maximum Gasteiger partial charge on any atom is 0.161 e. The van der Waals surface area contributed by atoms with E-state index in [-0.39, 0.29) is 0 Å². The van der Waals surface area contributed by atoms with Gasteiger partial charge in [-0.25, -0.2) is 0 Å². The molecule has 0 aromatic heterocycles. The number of benzene rings is 2. The summed E-state index contributed by atoms with van der Waals surface area (Å²) in [6, 6.07) is 18.5. The van der Waals surface area contributed by atoms with E-state index in [2.05, 4.69) is 34.6 Å². The Morgan fingerprint density at radius 1 is 1.14 bits per heavy atom. The Kier molecular flexibility index (Phi) is 4.46. The van der Waals surface area contributed by atoms with Gasteiger partial charge in [-0.3, -0.25) is 4.99 Å². The van der Waals surface area contributed by atoms with Crippen LogP contribution < -0.4 is 10.1 Å². The van der Waals surface area contributed by atoms with Crippen LogP contribution in [-0.2, 0) is 0 Å². The summed E-state index contributed by atoms with van der Waals surface area (Å²) in [5.41, 5.74) is 2.29. The molecule has 0 aliphatic carbocycles. The van der Waals surface area contributed by atoms with Gasteiger partial charge in [0.05, 0.1) is 24.1 Å². The number of hydrogen-bond acceptors (Lipinski definition) is 4. The lowest BCUT2D eigenvalue weighted by Crippen LogP contribution is -2.07. The minimum atomic E-state index is 0.396. The predicted molar refractivity (Wildman–Crippen MR) is 90.3 cm³/mol. The summed E-state index contributed by atoms with van der Waals surface area (Å²) in [5, 5.41) is 4.73. The molecule has 3 rings (SSSR count). The van der Waals surface area contributed by atoms with Gasteiger partial charge in [-0.2, -0.15) is 0 Å². The van der Waals surface area contributed by atoms with E-state index in [9.17, 15) is 0 Å². The predicted octanol–water partition coefficient (Wildman–Crippen LogP) is 4.34. The van der Waals surface area contributed by atoms with Gasteiger partial charge in [-0.05, 0) is 24.6 Å². The highest BCUT2D eigenvalue weighted by atomic mass is 32.2. The summed E-state index contributed by atoms with van der Waals surface area (Å²) in [6.45, 7) is 3.46. The molecule has 2 aromatic rings. The zero-order chi connectivity index (χ0) is 14.5. The van der Waals surface area contributed by atoms with E-state index in [1.807, 2.05) is 37.3 Å². The molecule has 1 aliphatic heterocycles. The first kappa shape index (κ1) is 14.0. The van der Waals surface area contributed by atoms with Gasteiger partial charge >= 0.3 is 0 Å². The standard InChI is InChI=1S/C17H18N2OS/c1-2-20-15-11-7-6-10-14(15)19-17-18-12-16(21-17)13-8-4-3-5-9-13/h3-11,16H,2,12H2,1H3,(H,18,19). The number of anilines is 1. The van der Waals surface area contributed by atoms with Gasteiger partial charge in [0.15, 0.2) is 5.17 Å². The fourth-order valence-electron chi connectivity index (χ4n) is 2.25. The average Bonchev–Trinajstić information content (AvgIpc) is 2.99. The molecular weight excluding hydrogens is 280 g/mol. The van der Waals surface area contributed by atoms with Crippen LogP contribution in [-0.4, -0.2) is 18.3 Å². The molecule has 4 heteroatoms. The molecule has 0 saturated carbocycles. The average molecular weight is 298 g/mol. The molecule has 0 spiro atoms. The van der Waals surface area contributed by atoms with Crippen LogP contribution in [0.3, 0.4) is 0 Å². The third-order valence-corrected chi connectivity index (χ3v) is 4.41. The molecule has 21 heavy (non-hydrogen) atoms. The first-order valence-electron chi connectivity index (χ1n) is 7.11. The summed E-state index contributed by atoms with van der Waals surface area (Å²) in [5.74, 6) is 0.867. The Morgan fingerprint density at radius 2 is 1.90 bits per heavy atom. The first-order valence-corrected chi connectivity index (χ1v) is 7.99. The minimum Gasteiger partial charge on any atom is -0.492 e. The first-order chi connectivity index (χ1) is 10.4. The van der Waals surface area contributed by atoms with Crippen molar-refractivity contribution in [3.63, 3.8) is 0 Å². The topological polar surface area (TPSA) is 33.6 Å². The fraction of sp³-hybridized carbons (Fsp3) is 0.235. The van der Waals surface area contributed by atoms with E-state index in [4.69, 9.17) is 4.74 Å². The highest BCUT2D eigenvalue weighted by Gasteiger charge is 2.21.